The van der Waals surface area contributed by atoms with Crippen LogP contribution < -0.4 is 4.90 Å². The number of anilines is 1. The standard InChI is InChI=1S/C12H11F3N2O/c1-17(10-4-5-18-8-10)7-9-2-3-11(16-6-9)12(13,14)15/h2-6,8H,7H2,1H3. The van der Waals surface area contributed by atoms with E-state index in [-0.39, 0.29) is 0 Å². The number of halogens is 3. The van der Waals surface area contributed by atoms with Crippen molar-refractivity contribution in [1.82, 2.24) is 4.98 Å². The molecule has 0 amide bonds. The van der Waals surface area contributed by atoms with Gasteiger partial charge in [0.2, 0.25) is 0 Å². The van der Waals surface area contributed by atoms with Crippen molar-refractivity contribution in [2.75, 3.05) is 11.9 Å². The largest absolute Gasteiger partial charge is 0.470 e. The number of hydrogen-bond acceptors (Lipinski definition) is 3. The average Bonchev–Trinajstić information content (AvgIpc) is 2.82. The summed E-state index contributed by atoms with van der Waals surface area (Å²) in [5.74, 6) is 0. The minimum absolute atomic E-state index is 0.463. The number of nitrogens with zero attached hydrogens (tertiary/aromatic N) is 2. The van der Waals surface area contributed by atoms with Crippen LogP contribution in [0.5, 0.6) is 0 Å². The molecule has 6 heteroatoms. The van der Waals surface area contributed by atoms with Gasteiger partial charge in [0.15, 0.2) is 0 Å². The van der Waals surface area contributed by atoms with Gasteiger partial charge in [-0.1, -0.05) is 6.07 Å². The van der Waals surface area contributed by atoms with Crippen molar-refractivity contribution < 1.29 is 17.6 Å². The molecule has 2 aromatic heterocycles. The van der Waals surface area contributed by atoms with Crippen molar-refractivity contribution in [3.05, 3.63) is 48.2 Å². The van der Waals surface area contributed by atoms with E-state index in [1.165, 1.54) is 18.5 Å². The fraction of sp³-hybridized carbons (Fsp3) is 0.250. The zero-order valence-electron chi connectivity index (χ0n) is 9.61. The zero-order chi connectivity index (χ0) is 13.2. The van der Waals surface area contributed by atoms with Crippen LogP contribution in [0.3, 0.4) is 0 Å². The molecular formula is C12H11F3N2O. The van der Waals surface area contributed by atoms with Crippen molar-refractivity contribution in [3.63, 3.8) is 0 Å². The van der Waals surface area contributed by atoms with Gasteiger partial charge in [-0.05, 0) is 17.7 Å². The molecular weight excluding hydrogens is 245 g/mol. The first-order valence-electron chi connectivity index (χ1n) is 5.22. The van der Waals surface area contributed by atoms with Crippen LogP contribution in [0.2, 0.25) is 0 Å². The van der Waals surface area contributed by atoms with Gasteiger partial charge in [-0.25, -0.2) is 0 Å². The minimum atomic E-state index is -4.39. The second kappa shape index (κ2) is 4.72. The maximum absolute atomic E-state index is 12.3. The summed E-state index contributed by atoms with van der Waals surface area (Å²) < 4.78 is 41.9. The molecule has 0 N–H and O–H groups in total. The van der Waals surface area contributed by atoms with Gasteiger partial charge in [-0.2, -0.15) is 13.2 Å². The van der Waals surface area contributed by atoms with Crippen LogP contribution in [0.4, 0.5) is 18.9 Å². The first-order valence-corrected chi connectivity index (χ1v) is 5.22. The third-order valence-corrected chi connectivity index (χ3v) is 2.48. The van der Waals surface area contributed by atoms with Crippen LogP contribution >= 0.6 is 0 Å². The lowest BCUT2D eigenvalue weighted by Gasteiger charge is -2.16. The SMILES string of the molecule is CN(Cc1ccc(C(F)(F)F)nc1)c1ccoc1. The molecule has 0 aliphatic carbocycles. The predicted molar refractivity (Wildman–Crippen MR) is 60.1 cm³/mol. The van der Waals surface area contributed by atoms with E-state index in [2.05, 4.69) is 4.98 Å². The first-order chi connectivity index (χ1) is 8.47. The zero-order valence-corrected chi connectivity index (χ0v) is 9.61. The number of furan rings is 1. The highest BCUT2D eigenvalue weighted by Crippen LogP contribution is 2.27. The van der Waals surface area contributed by atoms with Gasteiger partial charge < -0.3 is 9.32 Å². The van der Waals surface area contributed by atoms with Gasteiger partial charge >= 0.3 is 6.18 Å². The van der Waals surface area contributed by atoms with Crippen LogP contribution in [-0.2, 0) is 12.7 Å². The summed E-state index contributed by atoms with van der Waals surface area (Å²) in [6.07, 6.45) is -0.0528. The topological polar surface area (TPSA) is 29.3 Å². The second-order valence-electron chi connectivity index (χ2n) is 3.89. The Bertz CT molecular complexity index is 491. The van der Waals surface area contributed by atoms with E-state index < -0.39 is 11.9 Å². The molecule has 0 radical (unpaired) electrons. The summed E-state index contributed by atoms with van der Waals surface area (Å²) in [6.45, 7) is 0.463. The molecule has 2 aromatic rings. The number of pyridine rings is 1. The molecule has 2 heterocycles. The van der Waals surface area contributed by atoms with Gasteiger partial charge in [0, 0.05) is 19.8 Å². The van der Waals surface area contributed by atoms with E-state index >= 15 is 0 Å². The van der Waals surface area contributed by atoms with Gasteiger partial charge in [0.25, 0.3) is 0 Å². The number of rotatable bonds is 3. The summed E-state index contributed by atoms with van der Waals surface area (Å²) in [5, 5.41) is 0. The molecule has 3 nitrogen and oxygen atoms in total. The molecule has 18 heavy (non-hydrogen) atoms. The molecule has 0 fully saturated rings. The number of alkyl halides is 3. The Morgan fingerprint density at radius 3 is 2.56 bits per heavy atom. The highest BCUT2D eigenvalue weighted by Gasteiger charge is 2.31. The summed E-state index contributed by atoms with van der Waals surface area (Å²) in [7, 11) is 1.82. The molecule has 2 rings (SSSR count). The second-order valence-corrected chi connectivity index (χ2v) is 3.89. The molecule has 0 saturated heterocycles. The lowest BCUT2D eigenvalue weighted by molar-refractivity contribution is -0.141. The molecule has 0 aliphatic rings. The lowest BCUT2D eigenvalue weighted by Crippen LogP contribution is -2.16. The van der Waals surface area contributed by atoms with Crippen LogP contribution in [0.1, 0.15) is 11.3 Å². The first kappa shape index (κ1) is 12.5. The fourth-order valence-corrected chi connectivity index (χ4v) is 1.53. The van der Waals surface area contributed by atoms with Crippen molar-refractivity contribution in [2.24, 2.45) is 0 Å². The van der Waals surface area contributed by atoms with Gasteiger partial charge in [-0.3, -0.25) is 4.98 Å². The van der Waals surface area contributed by atoms with Crippen LogP contribution in [0.15, 0.2) is 41.3 Å². The monoisotopic (exact) mass is 256 g/mol. The minimum Gasteiger partial charge on any atom is -0.470 e. The third kappa shape index (κ3) is 2.82. The van der Waals surface area contributed by atoms with Crippen LogP contribution in [0.25, 0.3) is 0 Å². The molecule has 96 valence electrons. The summed E-state index contributed by atoms with van der Waals surface area (Å²) in [4.78, 5) is 5.26. The number of aromatic nitrogens is 1. The maximum atomic E-state index is 12.3. The fourth-order valence-electron chi connectivity index (χ4n) is 1.53. The Balaban J connectivity index is 2.07. The maximum Gasteiger partial charge on any atom is 0.433 e. The van der Waals surface area contributed by atoms with Crippen molar-refractivity contribution >= 4 is 5.69 Å². The molecule has 0 atom stereocenters. The van der Waals surface area contributed by atoms with Crippen molar-refractivity contribution in [1.29, 1.82) is 0 Å². The number of hydrogen-bond donors (Lipinski definition) is 0. The Morgan fingerprint density at radius 2 is 2.06 bits per heavy atom. The molecule has 0 saturated carbocycles. The van der Waals surface area contributed by atoms with Crippen molar-refractivity contribution in [2.45, 2.75) is 12.7 Å². The Labute approximate surface area is 102 Å². The average molecular weight is 256 g/mol. The normalized spacial score (nSPS) is 11.6. The molecule has 0 spiro atoms. The van der Waals surface area contributed by atoms with Crippen molar-refractivity contribution in [3.8, 4) is 0 Å². The molecule has 0 unspecified atom stereocenters. The van der Waals surface area contributed by atoms with E-state index in [9.17, 15) is 13.2 Å². The van der Waals surface area contributed by atoms with Crippen LogP contribution in [-0.4, -0.2) is 12.0 Å². The Morgan fingerprint density at radius 1 is 1.28 bits per heavy atom. The van der Waals surface area contributed by atoms with Gasteiger partial charge in [0.1, 0.15) is 12.0 Å². The van der Waals surface area contributed by atoms with Gasteiger partial charge in [-0.15, -0.1) is 0 Å². The van der Waals surface area contributed by atoms with E-state index in [1.54, 1.807) is 12.3 Å². The highest BCUT2D eigenvalue weighted by atomic mass is 19.4. The van der Waals surface area contributed by atoms with E-state index in [1.807, 2.05) is 11.9 Å². The van der Waals surface area contributed by atoms with E-state index in [0.29, 0.717) is 12.1 Å². The highest BCUT2D eigenvalue weighted by molar-refractivity contribution is 5.42. The third-order valence-electron chi connectivity index (χ3n) is 2.48. The summed E-state index contributed by atoms with van der Waals surface area (Å²) >= 11 is 0. The van der Waals surface area contributed by atoms with Crippen LogP contribution in [0, 0.1) is 0 Å². The molecule has 0 aromatic carbocycles. The quantitative estimate of drug-likeness (QED) is 0.843. The van der Waals surface area contributed by atoms with E-state index in [4.69, 9.17) is 4.42 Å². The summed E-state index contributed by atoms with van der Waals surface area (Å²) in [5.41, 5.74) is 0.679. The molecule has 0 bridgehead atoms. The van der Waals surface area contributed by atoms with Gasteiger partial charge in [0.05, 0.1) is 12.0 Å². The summed E-state index contributed by atoms with van der Waals surface area (Å²) in [6, 6.07) is 4.18. The Kier molecular flexibility index (Phi) is 3.27. The Hall–Kier alpha value is -1.98. The smallest absolute Gasteiger partial charge is 0.433 e. The van der Waals surface area contributed by atoms with E-state index in [0.717, 1.165) is 11.8 Å². The molecule has 0 aliphatic heterocycles. The predicted octanol–water partition coefficient (Wildman–Crippen LogP) is 3.33. The lowest BCUT2D eigenvalue weighted by atomic mass is 10.2.